The van der Waals surface area contributed by atoms with Crippen molar-refractivity contribution in [2.24, 2.45) is 0 Å². The van der Waals surface area contributed by atoms with Gasteiger partial charge in [0.1, 0.15) is 10.8 Å². The van der Waals surface area contributed by atoms with Crippen LogP contribution in [0, 0.1) is 6.92 Å². The van der Waals surface area contributed by atoms with Gasteiger partial charge in [-0.25, -0.2) is 0 Å². The van der Waals surface area contributed by atoms with Gasteiger partial charge in [0.25, 0.3) is 5.91 Å². The van der Waals surface area contributed by atoms with Crippen LogP contribution in [-0.2, 0) is 6.42 Å². The highest BCUT2D eigenvalue weighted by Gasteiger charge is 2.16. The molecule has 0 atom stereocenters. The van der Waals surface area contributed by atoms with Crippen LogP contribution in [0.4, 0.5) is 5.69 Å². The predicted octanol–water partition coefficient (Wildman–Crippen LogP) is 5.87. The van der Waals surface area contributed by atoms with E-state index in [2.05, 4.69) is 41.9 Å². The van der Waals surface area contributed by atoms with Gasteiger partial charge < -0.3 is 9.73 Å². The van der Waals surface area contributed by atoms with E-state index < -0.39 is 5.91 Å². The second-order valence-electron chi connectivity index (χ2n) is 7.68. The molecule has 0 aliphatic rings. The molecular weight excluding hydrogens is 548 g/mol. The van der Waals surface area contributed by atoms with Gasteiger partial charge in [-0.15, -0.1) is 10.2 Å². The van der Waals surface area contributed by atoms with Gasteiger partial charge in [0.15, 0.2) is 16.7 Å². The minimum absolute atomic E-state index is 0.170. The molecule has 0 bridgehead atoms. The molecule has 35 heavy (non-hydrogen) atoms. The van der Waals surface area contributed by atoms with Gasteiger partial charge >= 0.3 is 0 Å². The second-order valence-corrected chi connectivity index (χ2v) is 9.96. The molecule has 3 aromatic heterocycles. The van der Waals surface area contributed by atoms with Crippen molar-refractivity contribution in [3.8, 4) is 21.9 Å². The lowest BCUT2D eigenvalue weighted by Gasteiger charge is -2.12. The minimum atomic E-state index is -0.430. The number of anilines is 1. The first-order valence-corrected chi connectivity index (χ1v) is 12.7. The first kappa shape index (κ1) is 23.3. The zero-order chi connectivity index (χ0) is 24.5. The Hall–Kier alpha value is -3.41. The summed E-state index contributed by atoms with van der Waals surface area (Å²) in [6, 6.07) is 16.9. The highest BCUT2D eigenvalue weighted by molar-refractivity contribution is 9.10. The molecule has 5 rings (SSSR count). The topological polar surface area (TPSA) is 97.3 Å². The summed E-state index contributed by atoms with van der Waals surface area (Å²) < 4.78 is 8.46. The normalized spacial score (nSPS) is 11.1. The number of hydrogen-bond acceptors (Lipinski definition) is 7. The monoisotopic (exact) mass is 566 g/mol. The Bertz CT molecular complexity index is 1550. The van der Waals surface area contributed by atoms with Crippen LogP contribution < -0.4 is 10.6 Å². The van der Waals surface area contributed by atoms with Crippen molar-refractivity contribution in [2.45, 2.75) is 20.3 Å². The fraction of sp³-hybridized carbons (Fsp3) is 0.125. The Labute approximate surface area is 218 Å². The van der Waals surface area contributed by atoms with Crippen LogP contribution in [0.25, 0.3) is 26.9 Å². The number of hydrogen-bond donors (Lipinski definition) is 2. The van der Waals surface area contributed by atoms with Crippen molar-refractivity contribution in [3.63, 3.8) is 0 Å². The predicted molar refractivity (Wildman–Crippen MR) is 144 cm³/mol. The van der Waals surface area contributed by atoms with Gasteiger partial charge in [0, 0.05) is 27.7 Å². The van der Waals surface area contributed by atoms with E-state index in [1.165, 1.54) is 11.3 Å². The molecular formula is C24H19BrN6O2S2. The van der Waals surface area contributed by atoms with Crippen LogP contribution in [0.3, 0.4) is 0 Å². The lowest BCUT2D eigenvalue weighted by Crippen LogP contribution is -2.34. The number of fused-ring (bicyclic) bond motifs is 1. The van der Waals surface area contributed by atoms with Gasteiger partial charge in [-0.2, -0.15) is 9.61 Å². The van der Waals surface area contributed by atoms with Crippen LogP contribution in [0.1, 0.15) is 28.9 Å². The largest absolute Gasteiger partial charge is 0.451 e. The third-order valence-corrected chi connectivity index (χ3v) is 6.97. The number of carbonyl (C=O) groups excluding carboxylic acids is 1. The zero-order valence-electron chi connectivity index (χ0n) is 18.7. The van der Waals surface area contributed by atoms with Gasteiger partial charge in [0.2, 0.25) is 4.96 Å². The molecule has 2 N–H and O–H groups in total. The van der Waals surface area contributed by atoms with Gasteiger partial charge in [-0.3, -0.25) is 10.1 Å². The van der Waals surface area contributed by atoms with E-state index in [-0.39, 0.29) is 10.9 Å². The van der Waals surface area contributed by atoms with Crippen molar-refractivity contribution < 1.29 is 9.21 Å². The van der Waals surface area contributed by atoms with Crippen molar-refractivity contribution >= 4 is 61.2 Å². The lowest BCUT2D eigenvalue weighted by molar-refractivity contribution is 0.0951. The zero-order valence-corrected chi connectivity index (χ0v) is 21.9. The van der Waals surface area contributed by atoms with E-state index in [1.807, 2.05) is 56.3 Å². The fourth-order valence-electron chi connectivity index (χ4n) is 3.43. The number of furan rings is 1. The molecule has 0 spiro atoms. The third kappa shape index (κ3) is 4.88. The lowest BCUT2D eigenvalue weighted by atomic mass is 10.1. The molecule has 0 aliphatic heterocycles. The van der Waals surface area contributed by atoms with Crippen molar-refractivity contribution in [3.05, 3.63) is 76.2 Å². The number of carbonyl (C=O) groups is 1. The Morgan fingerprint density at radius 3 is 2.66 bits per heavy atom. The van der Waals surface area contributed by atoms with Crippen molar-refractivity contribution in [1.82, 2.24) is 25.1 Å². The maximum Gasteiger partial charge on any atom is 0.293 e. The number of thiocarbonyl (C=S) groups is 1. The van der Waals surface area contributed by atoms with E-state index in [4.69, 9.17) is 16.6 Å². The van der Waals surface area contributed by atoms with Gasteiger partial charge in [0.05, 0.1) is 0 Å². The van der Waals surface area contributed by atoms with Crippen molar-refractivity contribution in [2.75, 3.05) is 5.32 Å². The highest BCUT2D eigenvalue weighted by Crippen LogP contribution is 2.29. The molecule has 176 valence electrons. The molecule has 2 aromatic carbocycles. The molecule has 0 unspecified atom stereocenters. The van der Waals surface area contributed by atoms with E-state index in [9.17, 15) is 4.79 Å². The summed E-state index contributed by atoms with van der Waals surface area (Å²) in [6.07, 6.45) is 0.749. The number of nitrogens with zero attached hydrogens (tertiary/aromatic N) is 4. The number of benzene rings is 2. The first-order valence-electron chi connectivity index (χ1n) is 10.7. The van der Waals surface area contributed by atoms with Crippen molar-refractivity contribution in [1.29, 1.82) is 0 Å². The molecule has 3 heterocycles. The average Bonchev–Trinajstić information content (AvgIpc) is 3.57. The molecule has 0 aliphatic carbocycles. The first-order chi connectivity index (χ1) is 16.9. The molecule has 0 saturated carbocycles. The van der Waals surface area contributed by atoms with Gasteiger partial charge in [-0.1, -0.05) is 58.5 Å². The quantitative estimate of drug-likeness (QED) is 0.256. The summed E-state index contributed by atoms with van der Waals surface area (Å²) in [5.41, 5.74) is 3.52. The van der Waals surface area contributed by atoms with E-state index in [0.29, 0.717) is 5.76 Å². The molecule has 0 radical (unpaired) electrons. The number of aromatic nitrogens is 4. The second kappa shape index (κ2) is 9.68. The molecule has 11 heteroatoms. The SMILES string of the molecule is CCc1nnc2sc(-c3ccc(C)c(NC(=S)NC(=O)c4ccc(-c5ccc(Br)cc5)o4)c3)nn12. The molecule has 5 aromatic rings. The van der Waals surface area contributed by atoms with Crippen LogP contribution >= 0.6 is 39.5 Å². The van der Waals surface area contributed by atoms with Crippen LogP contribution in [0.15, 0.2) is 63.5 Å². The Morgan fingerprint density at radius 1 is 1.11 bits per heavy atom. The highest BCUT2D eigenvalue weighted by atomic mass is 79.9. The summed E-state index contributed by atoms with van der Waals surface area (Å²) in [5.74, 6) is 1.16. The summed E-state index contributed by atoms with van der Waals surface area (Å²) in [6.45, 7) is 3.98. The Balaban J connectivity index is 1.29. The molecule has 0 saturated heterocycles. The maximum absolute atomic E-state index is 12.7. The summed E-state index contributed by atoms with van der Waals surface area (Å²) >= 11 is 10.3. The molecule has 1 amide bonds. The summed E-state index contributed by atoms with van der Waals surface area (Å²) in [7, 11) is 0. The maximum atomic E-state index is 12.7. The summed E-state index contributed by atoms with van der Waals surface area (Å²) in [4.78, 5) is 13.4. The Morgan fingerprint density at radius 2 is 1.89 bits per heavy atom. The smallest absolute Gasteiger partial charge is 0.293 e. The van der Waals surface area contributed by atoms with Crippen LogP contribution in [-0.4, -0.2) is 30.8 Å². The Kier molecular flexibility index (Phi) is 6.46. The number of nitrogens with one attached hydrogen (secondary N) is 2. The molecule has 0 fully saturated rings. The fourth-order valence-corrected chi connectivity index (χ4v) is 4.75. The minimum Gasteiger partial charge on any atom is -0.451 e. The van der Waals surface area contributed by atoms with Crippen LogP contribution in [0.2, 0.25) is 0 Å². The summed E-state index contributed by atoms with van der Waals surface area (Å²) in [5, 5.41) is 19.7. The van der Waals surface area contributed by atoms with Gasteiger partial charge in [-0.05, 0) is 55.0 Å². The average molecular weight is 567 g/mol. The number of amides is 1. The standard InChI is InChI=1S/C24H19BrN6O2S2/c1-3-20-28-29-24-31(20)30-22(35-24)15-5-4-13(2)17(12-15)26-23(34)27-21(32)19-11-10-18(33-19)14-6-8-16(25)9-7-14/h4-12H,3H2,1-2H3,(H2,26,27,32,34). The number of aryl methyl sites for hydroxylation is 2. The number of halogens is 1. The third-order valence-electron chi connectivity index (χ3n) is 5.29. The molecule has 8 nitrogen and oxygen atoms in total. The van der Waals surface area contributed by atoms with Crippen LogP contribution in [0.5, 0.6) is 0 Å². The van der Waals surface area contributed by atoms with E-state index >= 15 is 0 Å². The number of rotatable bonds is 5. The van der Waals surface area contributed by atoms with E-state index in [1.54, 1.807) is 16.6 Å². The van der Waals surface area contributed by atoms with E-state index in [0.717, 1.165) is 49.1 Å².